The van der Waals surface area contributed by atoms with Crippen LogP contribution in [0.1, 0.15) is 6.92 Å². The molecule has 1 N–H and O–H groups in total. The van der Waals surface area contributed by atoms with Gasteiger partial charge in [-0.2, -0.15) is 4.98 Å². The number of aromatic amines is 1. The van der Waals surface area contributed by atoms with Gasteiger partial charge in [-0.15, -0.1) is 0 Å². The van der Waals surface area contributed by atoms with Gasteiger partial charge in [-0.25, -0.2) is 4.79 Å². The molecule has 4 rings (SSSR count). The highest BCUT2D eigenvalue weighted by Crippen LogP contribution is 2.39. The largest absolute Gasteiger partial charge is 0.497 e. The Kier molecular flexibility index (Phi) is 3.94. The summed E-state index contributed by atoms with van der Waals surface area (Å²) in [6, 6.07) is 5.57. The third-order valence-corrected chi connectivity index (χ3v) is 4.89. The first-order valence-electron chi connectivity index (χ1n) is 8.63. The van der Waals surface area contributed by atoms with E-state index in [9.17, 15) is 9.59 Å². The van der Waals surface area contributed by atoms with Crippen molar-refractivity contribution in [1.82, 2.24) is 19.1 Å². The van der Waals surface area contributed by atoms with E-state index in [1.807, 2.05) is 27.7 Å². The molecule has 0 fully saturated rings. The van der Waals surface area contributed by atoms with Crippen molar-refractivity contribution in [3.63, 3.8) is 0 Å². The van der Waals surface area contributed by atoms with Crippen molar-refractivity contribution in [2.75, 3.05) is 25.7 Å². The third kappa shape index (κ3) is 2.57. The molecule has 2 aromatic heterocycles. The second-order valence-corrected chi connectivity index (χ2v) is 6.77. The van der Waals surface area contributed by atoms with E-state index in [-0.39, 0.29) is 5.92 Å². The van der Waals surface area contributed by atoms with E-state index in [0.29, 0.717) is 41.7 Å². The average molecular weight is 371 g/mol. The fourth-order valence-electron chi connectivity index (χ4n) is 3.58. The van der Waals surface area contributed by atoms with Crippen molar-refractivity contribution in [2.24, 2.45) is 13.0 Å². The molecule has 1 aliphatic rings. The smallest absolute Gasteiger partial charge is 0.329 e. The zero-order valence-corrected chi connectivity index (χ0v) is 15.6. The van der Waals surface area contributed by atoms with Crippen LogP contribution in [0.25, 0.3) is 11.2 Å². The van der Waals surface area contributed by atoms with Crippen molar-refractivity contribution in [2.45, 2.75) is 13.5 Å². The molecule has 0 unspecified atom stereocenters. The molecule has 1 atom stereocenters. The quantitative estimate of drug-likeness (QED) is 0.744. The van der Waals surface area contributed by atoms with Crippen LogP contribution in [0.15, 0.2) is 27.8 Å². The topological polar surface area (TPSA) is 94.4 Å². The number of H-pyrrole nitrogens is 1. The fourth-order valence-corrected chi connectivity index (χ4v) is 3.58. The van der Waals surface area contributed by atoms with E-state index >= 15 is 0 Å². The number of fused-ring (bicyclic) bond motifs is 3. The first-order valence-corrected chi connectivity index (χ1v) is 8.63. The number of ether oxygens (including phenoxy) is 2. The lowest BCUT2D eigenvalue weighted by Gasteiger charge is -2.33. The van der Waals surface area contributed by atoms with Crippen LogP contribution in [0, 0.1) is 5.92 Å². The third-order valence-electron chi connectivity index (χ3n) is 4.89. The van der Waals surface area contributed by atoms with Gasteiger partial charge < -0.3 is 18.9 Å². The first kappa shape index (κ1) is 17.2. The van der Waals surface area contributed by atoms with Gasteiger partial charge >= 0.3 is 5.69 Å². The molecular weight excluding hydrogens is 350 g/mol. The molecule has 3 heterocycles. The molecular formula is C18H21N5O4. The van der Waals surface area contributed by atoms with Crippen molar-refractivity contribution < 1.29 is 9.47 Å². The van der Waals surface area contributed by atoms with E-state index in [0.717, 1.165) is 5.69 Å². The summed E-state index contributed by atoms with van der Waals surface area (Å²) in [4.78, 5) is 33.4. The summed E-state index contributed by atoms with van der Waals surface area (Å²) in [6.07, 6.45) is 0. The zero-order chi connectivity index (χ0) is 19.3. The Balaban J connectivity index is 1.98. The lowest BCUT2D eigenvalue weighted by atomic mass is 10.1. The maximum Gasteiger partial charge on any atom is 0.329 e. The second-order valence-electron chi connectivity index (χ2n) is 6.77. The number of nitrogens with one attached hydrogen (secondary N) is 1. The van der Waals surface area contributed by atoms with E-state index in [1.54, 1.807) is 21.3 Å². The molecule has 0 saturated carbocycles. The highest BCUT2D eigenvalue weighted by Gasteiger charge is 2.30. The molecule has 142 valence electrons. The summed E-state index contributed by atoms with van der Waals surface area (Å²) >= 11 is 0. The molecule has 9 nitrogen and oxygen atoms in total. The summed E-state index contributed by atoms with van der Waals surface area (Å²) in [5.74, 6) is 2.20. The minimum atomic E-state index is -0.482. The Labute approximate surface area is 154 Å². The van der Waals surface area contributed by atoms with Crippen LogP contribution in [-0.4, -0.2) is 39.9 Å². The Morgan fingerprint density at radius 1 is 1.19 bits per heavy atom. The Morgan fingerprint density at radius 2 is 1.96 bits per heavy atom. The van der Waals surface area contributed by atoms with Crippen molar-refractivity contribution in [3.8, 4) is 11.5 Å². The van der Waals surface area contributed by atoms with Gasteiger partial charge in [-0.05, 0) is 18.1 Å². The van der Waals surface area contributed by atoms with Gasteiger partial charge in [0.15, 0.2) is 11.2 Å². The van der Waals surface area contributed by atoms with Gasteiger partial charge in [0, 0.05) is 26.2 Å². The average Bonchev–Trinajstić information content (AvgIpc) is 3.05. The molecule has 0 amide bonds. The van der Waals surface area contributed by atoms with Crippen LogP contribution in [0.3, 0.4) is 0 Å². The summed E-state index contributed by atoms with van der Waals surface area (Å²) in [5, 5.41) is 0. The van der Waals surface area contributed by atoms with Crippen LogP contribution >= 0.6 is 0 Å². The number of anilines is 2. The van der Waals surface area contributed by atoms with Crippen molar-refractivity contribution >= 4 is 22.8 Å². The number of aryl methyl sites for hydroxylation is 1. The van der Waals surface area contributed by atoms with Gasteiger partial charge in [-0.3, -0.25) is 14.3 Å². The van der Waals surface area contributed by atoms with Gasteiger partial charge in [0.1, 0.15) is 11.5 Å². The van der Waals surface area contributed by atoms with Crippen LogP contribution < -0.4 is 25.6 Å². The Morgan fingerprint density at radius 3 is 2.67 bits per heavy atom. The lowest BCUT2D eigenvalue weighted by Crippen LogP contribution is -2.35. The predicted octanol–water partition coefficient (Wildman–Crippen LogP) is 1.23. The molecule has 27 heavy (non-hydrogen) atoms. The standard InChI is InChI=1S/C18H21N5O4/c1-10-8-22(12-6-5-11(26-3)7-13(12)27-4)17-19-15-14(23(17)9-10)16(24)20-18(25)21(15)2/h5-7,10H,8-9H2,1-4H3,(H,20,24,25)/t10-/m0/s1. The highest BCUT2D eigenvalue weighted by molar-refractivity contribution is 5.78. The molecule has 0 spiro atoms. The Hall–Kier alpha value is -3.23. The maximum atomic E-state index is 12.5. The number of hydrogen-bond acceptors (Lipinski definition) is 6. The number of nitrogens with zero attached hydrogens (tertiary/aromatic N) is 4. The number of aromatic nitrogens is 4. The summed E-state index contributed by atoms with van der Waals surface area (Å²) in [5.41, 5.74) is 0.677. The molecule has 0 bridgehead atoms. The number of rotatable bonds is 3. The molecule has 1 aliphatic heterocycles. The normalized spacial score (nSPS) is 16.4. The number of hydrogen-bond donors (Lipinski definition) is 1. The van der Waals surface area contributed by atoms with E-state index < -0.39 is 11.2 Å². The SMILES string of the molecule is COc1ccc(N2C[C@H](C)Cn3c2nc2c3c(=O)[nH]c(=O)n2C)c(OC)c1. The van der Waals surface area contributed by atoms with Crippen molar-refractivity contribution in [3.05, 3.63) is 39.0 Å². The minimum Gasteiger partial charge on any atom is -0.497 e. The van der Waals surface area contributed by atoms with Crippen LogP contribution in [0.2, 0.25) is 0 Å². The van der Waals surface area contributed by atoms with Gasteiger partial charge in [0.2, 0.25) is 5.95 Å². The van der Waals surface area contributed by atoms with E-state index in [1.165, 1.54) is 4.57 Å². The maximum absolute atomic E-state index is 12.5. The van der Waals surface area contributed by atoms with E-state index in [4.69, 9.17) is 9.47 Å². The number of imidazole rings is 1. The molecule has 0 radical (unpaired) electrons. The van der Waals surface area contributed by atoms with Crippen LogP contribution in [0.5, 0.6) is 11.5 Å². The van der Waals surface area contributed by atoms with Gasteiger partial charge in [0.05, 0.1) is 19.9 Å². The monoisotopic (exact) mass is 371 g/mol. The number of benzene rings is 1. The highest BCUT2D eigenvalue weighted by atomic mass is 16.5. The first-order chi connectivity index (χ1) is 12.9. The summed E-state index contributed by atoms with van der Waals surface area (Å²) in [7, 11) is 4.80. The second kappa shape index (κ2) is 6.19. The predicted molar refractivity (Wildman–Crippen MR) is 101 cm³/mol. The minimum absolute atomic E-state index is 0.262. The molecule has 3 aromatic rings. The molecule has 1 aromatic carbocycles. The number of methoxy groups -OCH3 is 2. The van der Waals surface area contributed by atoms with Crippen LogP contribution in [0.4, 0.5) is 11.6 Å². The molecule has 9 heteroatoms. The molecule has 0 saturated heterocycles. The summed E-state index contributed by atoms with van der Waals surface area (Å²) in [6.45, 7) is 3.45. The Bertz CT molecular complexity index is 1140. The fraction of sp³-hybridized carbons (Fsp3) is 0.389. The van der Waals surface area contributed by atoms with Gasteiger partial charge in [-0.1, -0.05) is 6.92 Å². The summed E-state index contributed by atoms with van der Waals surface area (Å²) < 4.78 is 14.1. The van der Waals surface area contributed by atoms with Crippen LogP contribution in [-0.2, 0) is 13.6 Å². The zero-order valence-electron chi connectivity index (χ0n) is 15.6. The van der Waals surface area contributed by atoms with Crippen molar-refractivity contribution in [1.29, 1.82) is 0 Å². The lowest BCUT2D eigenvalue weighted by molar-refractivity contribution is 0.392. The molecule has 0 aliphatic carbocycles. The van der Waals surface area contributed by atoms with E-state index in [2.05, 4.69) is 16.9 Å². The van der Waals surface area contributed by atoms with Gasteiger partial charge in [0.25, 0.3) is 5.56 Å².